The fraction of sp³-hybridized carbons (Fsp3) is 0.471. The number of amides is 1. The van der Waals surface area contributed by atoms with Crippen LogP contribution >= 0.6 is 0 Å². The second-order valence-corrected chi connectivity index (χ2v) is 5.60. The Morgan fingerprint density at radius 2 is 1.86 bits per heavy atom. The van der Waals surface area contributed by atoms with Crippen molar-refractivity contribution in [3.63, 3.8) is 0 Å². The molecule has 1 heterocycles. The van der Waals surface area contributed by atoms with Gasteiger partial charge in [-0.05, 0) is 18.4 Å². The fourth-order valence-corrected chi connectivity index (χ4v) is 2.93. The van der Waals surface area contributed by atoms with Crippen LogP contribution in [0.3, 0.4) is 0 Å². The van der Waals surface area contributed by atoms with E-state index in [-0.39, 0.29) is 17.6 Å². The Hall–Kier alpha value is -1.97. The minimum Gasteiger partial charge on any atom is -0.298 e. The summed E-state index contributed by atoms with van der Waals surface area (Å²) in [6.45, 7) is 6.04. The summed E-state index contributed by atoms with van der Waals surface area (Å²) in [6, 6.07) is 9.64. The van der Waals surface area contributed by atoms with E-state index in [0.717, 1.165) is 5.56 Å². The first-order valence-corrected chi connectivity index (χ1v) is 7.50. The van der Waals surface area contributed by atoms with E-state index >= 15 is 0 Å². The third kappa shape index (κ3) is 2.75. The topological polar surface area (TPSA) is 49.7 Å². The Labute approximate surface area is 125 Å². The van der Waals surface area contributed by atoms with E-state index in [4.69, 9.17) is 0 Å². The molecule has 0 bridgehead atoms. The number of ketones is 1. The zero-order valence-electron chi connectivity index (χ0n) is 12.9. The van der Waals surface area contributed by atoms with Crippen LogP contribution < -0.4 is 0 Å². The van der Waals surface area contributed by atoms with Gasteiger partial charge in [0.1, 0.15) is 5.41 Å². The first-order chi connectivity index (χ1) is 10.0. The quantitative estimate of drug-likeness (QED) is 0.631. The Morgan fingerprint density at radius 1 is 1.24 bits per heavy atom. The zero-order chi connectivity index (χ0) is 15.5. The molecule has 1 aliphatic rings. The molecule has 4 heteroatoms. The molecule has 112 valence electrons. The molecule has 0 aromatic heterocycles. The van der Waals surface area contributed by atoms with Crippen molar-refractivity contribution in [3.8, 4) is 0 Å². The van der Waals surface area contributed by atoms with Gasteiger partial charge in [-0.3, -0.25) is 9.59 Å². The number of piperidine rings is 1. The van der Waals surface area contributed by atoms with Crippen molar-refractivity contribution in [3.05, 3.63) is 35.9 Å². The first kappa shape index (κ1) is 15.4. The van der Waals surface area contributed by atoms with Crippen molar-refractivity contribution in [2.75, 3.05) is 6.54 Å². The molecule has 1 atom stereocenters. The lowest BCUT2D eigenvalue weighted by Crippen LogP contribution is -2.55. The van der Waals surface area contributed by atoms with Crippen molar-refractivity contribution in [2.24, 2.45) is 16.4 Å². The highest BCUT2D eigenvalue weighted by Gasteiger charge is 2.50. The maximum absolute atomic E-state index is 12.7. The van der Waals surface area contributed by atoms with Crippen LogP contribution in [-0.4, -0.2) is 29.5 Å². The third-order valence-corrected chi connectivity index (χ3v) is 4.36. The average molecular weight is 286 g/mol. The van der Waals surface area contributed by atoms with E-state index in [9.17, 15) is 9.59 Å². The monoisotopic (exact) mass is 286 g/mol. The van der Waals surface area contributed by atoms with Gasteiger partial charge in [0.05, 0.1) is 12.8 Å². The van der Waals surface area contributed by atoms with Crippen LogP contribution in [0, 0.1) is 11.3 Å². The predicted octanol–water partition coefficient (Wildman–Crippen LogP) is 2.87. The summed E-state index contributed by atoms with van der Waals surface area (Å²) < 4.78 is 0. The van der Waals surface area contributed by atoms with E-state index in [0.29, 0.717) is 19.4 Å². The van der Waals surface area contributed by atoms with Crippen LogP contribution in [0.15, 0.2) is 35.4 Å². The summed E-state index contributed by atoms with van der Waals surface area (Å²) in [7, 11) is 0. The van der Waals surface area contributed by atoms with Crippen LogP contribution in [0.4, 0.5) is 0 Å². The fourth-order valence-electron chi connectivity index (χ4n) is 2.93. The van der Waals surface area contributed by atoms with Gasteiger partial charge in [-0.2, -0.15) is 5.10 Å². The Morgan fingerprint density at radius 3 is 2.43 bits per heavy atom. The summed E-state index contributed by atoms with van der Waals surface area (Å²) >= 11 is 0. The largest absolute Gasteiger partial charge is 0.298 e. The van der Waals surface area contributed by atoms with E-state index < -0.39 is 5.41 Å². The molecule has 1 saturated heterocycles. The van der Waals surface area contributed by atoms with Gasteiger partial charge in [0, 0.05) is 5.92 Å². The molecule has 0 aliphatic carbocycles. The maximum atomic E-state index is 12.7. The average Bonchev–Trinajstić information content (AvgIpc) is 2.52. The highest BCUT2D eigenvalue weighted by molar-refractivity contribution is 6.09. The van der Waals surface area contributed by atoms with Crippen molar-refractivity contribution < 1.29 is 9.59 Å². The molecule has 2 rings (SSSR count). The summed E-state index contributed by atoms with van der Waals surface area (Å²) in [5, 5.41) is 5.78. The summed E-state index contributed by atoms with van der Waals surface area (Å²) in [5.74, 6) is -0.276. The van der Waals surface area contributed by atoms with Crippen LogP contribution in [-0.2, 0) is 9.59 Å². The Kier molecular flexibility index (Phi) is 4.56. The van der Waals surface area contributed by atoms with Crippen LogP contribution in [0.2, 0.25) is 0 Å². The minimum absolute atomic E-state index is 0.0589. The molecule has 0 N–H and O–H groups in total. The first-order valence-electron chi connectivity index (χ1n) is 7.50. The molecular weight excluding hydrogens is 264 g/mol. The second kappa shape index (κ2) is 6.20. The highest BCUT2D eigenvalue weighted by atomic mass is 16.2. The third-order valence-electron chi connectivity index (χ3n) is 4.36. The van der Waals surface area contributed by atoms with Crippen LogP contribution in [0.5, 0.6) is 0 Å². The van der Waals surface area contributed by atoms with Gasteiger partial charge < -0.3 is 0 Å². The summed E-state index contributed by atoms with van der Waals surface area (Å²) in [6.07, 6.45) is 2.74. The number of nitrogens with zero attached hydrogens (tertiary/aromatic N) is 2. The predicted molar refractivity (Wildman–Crippen MR) is 82.9 cm³/mol. The van der Waals surface area contributed by atoms with Crippen molar-refractivity contribution in [1.82, 2.24) is 5.01 Å². The van der Waals surface area contributed by atoms with E-state index in [1.807, 2.05) is 51.1 Å². The van der Waals surface area contributed by atoms with Gasteiger partial charge in [0.15, 0.2) is 5.78 Å². The number of carbonyl (C=O) groups excluding carboxylic acids is 2. The molecule has 21 heavy (non-hydrogen) atoms. The lowest BCUT2D eigenvalue weighted by molar-refractivity contribution is -0.158. The molecule has 1 aliphatic heterocycles. The SMILES string of the molecule is CCC1(CC)C(=O)C(C)CN(N=Cc2ccccc2)C1=O. The molecule has 0 radical (unpaired) electrons. The van der Waals surface area contributed by atoms with Gasteiger partial charge in [-0.1, -0.05) is 51.1 Å². The standard InChI is InChI=1S/C17H22N2O2/c1-4-17(5-2)15(20)13(3)12-19(16(17)21)18-11-14-9-7-6-8-10-14/h6-11,13H,4-5,12H2,1-3H3. The number of benzene rings is 1. The molecule has 1 aromatic rings. The molecule has 4 nitrogen and oxygen atoms in total. The lowest BCUT2D eigenvalue weighted by Gasteiger charge is -2.40. The molecule has 1 fully saturated rings. The number of hydrogen-bond acceptors (Lipinski definition) is 3. The maximum Gasteiger partial charge on any atom is 0.256 e. The molecule has 0 spiro atoms. The molecule has 1 unspecified atom stereocenters. The smallest absolute Gasteiger partial charge is 0.256 e. The number of Topliss-reactive ketones (excluding diaryl/α,β-unsaturated/α-hetero) is 1. The van der Waals surface area contributed by atoms with E-state index in [1.54, 1.807) is 6.21 Å². The van der Waals surface area contributed by atoms with E-state index in [2.05, 4.69) is 5.10 Å². The van der Waals surface area contributed by atoms with Crippen molar-refractivity contribution >= 4 is 17.9 Å². The molecule has 0 saturated carbocycles. The number of rotatable bonds is 4. The number of hydrazone groups is 1. The van der Waals surface area contributed by atoms with Crippen LogP contribution in [0.25, 0.3) is 0 Å². The Bertz CT molecular complexity index is 547. The molecular formula is C17H22N2O2. The highest BCUT2D eigenvalue weighted by Crippen LogP contribution is 2.37. The van der Waals surface area contributed by atoms with Gasteiger partial charge in [-0.15, -0.1) is 0 Å². The van der Waals surface area contributed by atoms with Crippen LogP contribution in [0.1, 0.15) is 39.2 Å². The van der Waals surface area contributed by atoms with Gasteiger partial charge >= 0.3 is 0 Å². The zero-order valence-corrected chi connectivity index (χ0v) is 12.9. The summed E-state index contributed by atoms with van der Waals surface area (Å²) in [4.78, 5) is 25.1. The van der Waals surface area contributed by atoms with Crippen molar-refractivity contribution in [1.29, 1.82) is 0 Å². The molecule has 1 amide bonds. The molecule has 1 aromatic carbocycles. The van der Waals surface area contributed by atoms with E-state index in [1.165, 1.54) is 5.01 Å². The summed E-state index contributed by atoms with van der Waals surface area (Å²) in [5.41, 5.74) is 0.0413. The Balaban J connectivity index is 2.27. The number of hydrogen-bond donors (Lipinski definition) is 0. The van der Waals surface area contributed by atoms with Gasteiger partial charge in [0.25, 0.3) is 5.91 Å². The van der Waals surface area contributed by atoms with Gasteiger partial charge in [0.2, 0.25) is 0 Å². The normalized spacial score (nSPS) is 22.0. The lowest BCUT2D eigenvalue weighted by atomic mass is 9.71. The minimum atomic E-state index is -0.897. The van der Waals surface area contributed by atoms with Crippen molar-refractivity contribution in [2.45, 2.75) is 33.6 Å². The second-order valence-electron chi connectivity index (χ2n) is 5.60. The number of carbonyl (C=O) groups is 2. The van der Waals surface area contributed by atoms with Gasteiger partial charge in [-0.25, -0.2) is 5.01 Å².